The van der Waals surface area contributed by atoms with Crippen molar-refractivity contribution in [3.05, 3.63) is 47.7 Å². The van der Waals surface area contributed by atoms with Gasteiger partial charge in [0.1, 0.15) is 17.5 Å². The van der Waals surface area contributed by atoms with Crippen LogP contribution in [0.25, 0.3) is 11.1 Å². The molecule has 2 nitrogen and oxygen atoms in total. The Labute approximate surface area is 91.7 Å². The summed E-state index contributed by atoms with van der Waals surface area (Å²) in [7, 11) is 0. The fourth-order valence-electron chi connectivity index (χ4n) is 1.47. The van der Waals surface area contributed by atoms with E-state index in [1.54, 1.807) is 13.0 Å². The van der Waals surface area contributed by atoms with E-state index in [9.17, 15) is 8.78 Å². The van der Waals surface area contributed by atoms with Crippen LogP contribution >= 0.6 is 0 Å². The zero-order valence-corrected chi connectivity index (χ0v) is 8.67. The number of anilines is 1. The van der Waals surface area contributed by atoms with E-state index < -0.39 is 11.6 Å². The summed E-state index contributed by atoms with van der Waals surface area (Å²) in [5.41, 5.74) is 6.13. The van der Waals surface area contributed by atoms with Crippen molar-refractivity contribution in [3.8, 4) is 11.1 Å². The zero-order valence-electron chi connectivity index (χ0n) is 8.67. The fourth-order valence-corrected chi connectivity index (χ4v) is 1.47. The number of halogens is 2. The first-order valence-electron chi connectivity index (χ1n) is 4.76. The van der Waals surface area contributed by atoms with E-state index in [2.05, 4.69) is 4.98 Å². The number of aryl methyl sites for hydroxylation is 1. The van der Waals surface area contributed by atoms with Crippen molar-refractivity contribution < 1.29 is 8.78 Å². The third kappa shape index (κ3) is 1.74. The van der Waals surface area contributed by atoms with Crippen LogP contribution in [0.2, 0.25) is 0 Å². The average Bonchev–Trinajstić information content (AvgIpc) is 2.27. The van der Waals surface area contributed by atoms with E-state index in [-0.39, 0.29) is 5.56 Å². The highest BCUT2D eigenvalue weighted by atomic mass is 19.1. The molecule has 0 bridgehead atoms. The molecule has 0 radical (unpaired) electrons. The lowest BCUT2D eigenvalue weighted by atomic mass is 10.0. The molecule has 2 N–H and O–H groups in total. The molecule has 1 aromatic heterocycles. The van der Waals surface area contributed by atoms with E-state index in [4.69, 9.17) is 5.73 Å². The second-order valence-corrected chi connectivity index (χ2v) is 3.53. The summed E-state index contributed by atoms with van der Waals surface area (Å²) >= 11 is 0. The minimum Gasteiger partial charge on any atom is -0.384 e. The van der Waals surface area contributed by atoms with Crippen molar-refractivity contribution in [1.82, 2.24) is 4.98 Å². The molecule has 0 unspecified atom stereocenters. The molecule has 82 valence electrons. The number of rotatable bonds is 1. The zero-order chi connectivity index (χ0) is 11.7. The minimum atomic E-state index is -0.602. The second kappa shape index (κ2) is 3.89. The van der Waals surface area contributed by atoms with Crippen molar-refractivity contribution in [2.24, 2.45) is 0 Å². The van der Waals surface area contributed by atoms with Crippen molar-refractivity contribution >= 4 is 5.82 Å². The molecule has 2 aromatic rings. The highest BCUT2D eigenvalue weighted by molar-refractivity contribution is 5.65. The van der Waals surface area contributed by atoms with Gasteiger partial charge in [-0.1, -0.05) is 6.07 Å². The summed E-state index contributed by atoms with van der Waals surface area (Å²) in [5, 5.41) is 0. The molecule has 0 saturated carbocycles. The Balaban J connectivity index is 2.63. The Bertz CT molecular complexity index is 521. The Hall–Kier alpha value is -1.97. The molecule has 0 fully saturated rings. The first kappa shape index (κ1) is 10.5. The lowest BCUT2D eigenvalue weighted by molar-refractivity contribution is 0.583. The molecule has 4 heteroatoms. The van der Waals surface area contributed by atoms with Crippen LogP contribution in [0.4, 0.5) is 14.6 Å². The first-order chi connectivity index (χ1) is 7.59. The summed E-state index contributed by atoms with van der Waals surface area (Å²) in [6, 6.07) is 5.70. The highest BCUT2D eigenvalue weighted by Crippen LogP contribution is 2.27. The Morgan fingerprint density at radius 1 is 1.12 bits per heavy atom. The Morgan fingerprint density at radius 2 is 1.88 bits per heavy atom. The summed E-state index contributed by atoms with van der Waals surface area (Å²) < 4.78 is 27.3. The van der Waals surface area contributed by atoms with E-state index in [0.29, 0.717) is 16.9 Å². The Morgan fingerprint density at radius 3 is 2.50 bits per heavy atom. The van der Waals surface area contributed by atoms with E-state index in [0.717, 1.165) is 0 Å². The maximum atomic E-state index is 13.7. The van der Waals surface area contributed by atoms with Crippen LogP contribution in [-0.2, 0) is 0 Å². The van der Waals surface area contributed by atoms with Gasteiger partial charge in [0.25, 0.3) is 0 Å². The predicted octanol–water partition coefficient (Wildman–Crippen LogP) is 2.92. The molecule has 0 amide bonds. The molecule has 0 aliphatic heterocycles. The molecule has 0 aliphatic carbocycles. The number of nitrogens with zero attached hydrogens (tertiary/aromatic N) is 1. The molecule has 16 heavy (non-hydrogen) atoms. The number of aromatic nitrogens is 1. The third-order valence-electron chi connectivity index (χ3n) is 2.36. The number of hydrogen-bond acceptors (Lipinski definition) is 2. The maximum Gasteiger partial charge on any atom is 0.136 e. The van der Waals surface area contributed by atoms with Crippen LogP contribution in [0.3, 0.4) is 0 Å². The SMILES string of the molecule is Cc1ccc(F)c(-c2ccc(N)nc2)c1F. The van der Waals surface area contributed by atoms with Gasteiger partial charge in [-0.2, -0.15) is 0 Å². The van der Waals surface area contributed by atoms with Gasteiger partial charge in [0.2, 0.25) is 0 Å². The summed E-state index contributed by atoms with van der Waals surface area (Å²) in [6.07, 6.45) is 1.36. The smallest absolute Gasteiger partial charge is 0.136 e. The summed E-state index contributed by atoms with van der Waals surface area (Å²) in [4.78, 5) is 3.81. The van der Waals surface area contributed by atoms with Crippen molar-refractivity contribution in [2.45, 2.75) is 6.92 Å². The minimum absolute atomic E-state index is 0.0625. The number of nitrogens with two attached hydrogens (primary N) is 1. The van der Waals surface area contributed by atoms with Crippen LogP contribution in [-0.4, -0.2) is 4.98 Å². The highest BCUT2D eigenvalue weighted by Gasteiger charge is 2.13. The van der Waals surface area contributed by atoms with Gasteiger partial charge in [0.15, 0.2) is 0 Å². The van der Waals surface area contributed by atoms with Gasteiger partial charge in [0.05, 0.1) is 5.56 Å². The number of nitrogen functional groups attached to an aromatic ring is 1. The number of pyridine rings is 1. The van der Waals surface area contributed by atoms with Crippen LogP contribution in [0, 0.1) is 18.6 Å². The number of benzene rings is 1. The normalized spacial score (nSPS) is 10.4. The van der Waals surface area contributed by atoms with Gasteiger partial charge >= 0.3 is 0 Å². The lowest BCUT2D eigenvalue weighted by Gasteiger charge is -2.07. The maximum absolute atomic E-state index is 13.7. The molecule has 0 spiro atoms. The standard InChI is InChI=1S/C12H10F2N2/c1-7-2-4-9(13)11(12(7)14)8-3-5-10(15)16-6-8/h2-6H,1H3,(H2,15,16). The molecular formula is C12H10F2N2. The molecule has 0 aliphatic rings. The van der Waals surface area contributed by atoms with Crippen molar-refractivity contribution in [3.63, 3.8) is 0 Å². The first-order valence-corrected chi connectivity index (χ1v) is 4.76. The van der Waals surface area contributed by atoms with E-state index >= 15 is 0 Å². The lowest BCUT2D eigenvalue weighted by Crippen LogP contribution is -1.95. The largest absolute Gasteiger partial charge is 0.384 e. The van der Waals surface area contributed by atoms with Crippen LogP contribution in [0.1, 0.15) is 5.56 Å². The van der Waals surface area contributed by atoms with E-state index in [1.165, 1.54) is 24.4 Å². The van der Waals surface area contributed by atoms with Gasteiger partial charge in [-0.25, -0.2) is 13.8 Å². The third-order valence-corrected chi connectivity index (χ3v) is 2.36. The van der Waals surface area contributed by atoms with Crippen LogP contribution in [0.5, 0.6) is 0 Å². The Kier molecular flexibility index (Phi) is 2.56. The summed E-state index contributed by atoms with van der Waals surface area (Å²) in [5.74, 6) is -0.849. The molecule has 0 saturated heterocycles. The molecule has 2 rings (SSSR count). The fraction of sp³-hybridized carbons (Fsp3) is 0.0833. The number of hydrogen-bond donors (Lipinski definition) is 1. The van der Waals surface area contributed by atoms with Crippen molar-refractivity contribution in [1.29, 1.82) is 0 Å². The molecule has 1 aromatic carbocycles. The van der Waals surface area contributed by atoms with Gasteiger partial charge in [-0.05, 0) is 30.7 Å². The quantitative estimate of drug-likeness (QED) is 0.802. The topological polar surface area (TPSA) is 38.9 Å². The van der Waals surface area contributed by atoms with E-state index in [1.807, 2.05) is 0 Å². The van der Waals surface area contributed by atoms with Gasteiger partial charge in [0, 0.05) is 11.8 Å². The molecule has 0 atom stereocenters. The van der Waals surface area contributed by atoms with Gasteiger partial charge in [-0.3, -0.25) is 0 Å². The monoisotopic (exact) mass is 220 g/mol. The molecular weight excluding hydrogens is 210 g/mol. The van der Waals surface area contributed by atoms with Gasteiger partial charge < -0.3 is 5.73 Å². The average molecular weight is 220 g/mol. The van der Waals surface area contributed by atoms with Crippen LogP contribution in [0.15, 0.2) is 30.5 Å². The van der Waals surface area contributed by atoms with Crippen LogP contribution < -0.4 is 5.73 Å². The van der Waals surface area contributed by atoms with Gasteiger partial charge in [-0.15, -0.1) is 0 Å². The van der Waals surface area contributed by atoms with Crippen molar-refractivity contribution in [2.75, 3.05) is 5.73 Å². The molecule has 1 heterocycles. The predicted molar refractivity (Wildman–Crippen MR) is 58.7 cm³/mol. The summed E-state index contributed by atoms with van der Waals surface area (Å²) in [6.45, 7) is 1.59. The second-order valence-electron chi connectivity index (χ2n) is 3.53.